The molecule has 4 heteroatoms. The first-order valence-corrected chi connectivity index (χ1v) is 8.40. The van der Waals surface area contributed by atoms with Gasteiger partial charge in [0.2, 0.25) is 5.91 Å². The smallest absolute Gasteiger partial charge is 0.220 e. The van der Waals surface area contributed by atoms with Crippen molar-refractivity contribution in [2.24, 2.45) is 5.92 Å². The molecule has 0 radical (unpaired) electrons. The van der Waals surface area contributed by atoms with E-state index in [1.54, 1.807) is 0 Å². The topological polar surface area (TPSA) is 53.2 Å². The number of hydrogen-bond donors (Lipinski definition) is 3. The molecule has 3 N–H and O–H groups in total. The highest BCUT2D eigenvalue weighted by molar-refractivity contribution is 5.76. The summed E-state index contributed by atoms with van der Waals surface area (Å²) in [6, 6.07) is 11.5. The van der Waals surface area contributed by atoms with Crippen LogP contribution in [0, 0.1) is 5.92 Å². The molecule has 1 fully saturated rings. The van der Waals surface area contributed by atoms with Crippen molar-refractivity contribution < 1.29 is 4.79 Å². The van der Waals surface area contributed by atoms with Crippen LogP contribution in [0.25, 0.3) is 0 Å². The highest BCUT2D eigenvalue weighted by Crippen LogP contribution is 2.20. The van der Waals surface area contributed by atoms with E-state index in [0.29, 0.717) is 24.4 Å². The van der Waals surface area contributed by atoms with Gasteiger partial charge in [0, 0.05) is 24.5 Å². The van der Waals surface area contributed by atoms with Crippen molar-refractivity contribution in [2.75, 3.05) is 0 Å². The number of hydrogen-bond acceptors (Lipinski definition) is 3. The van der Waals surface area contributed by atoms with Gasteiger partial charge < -0.3 is 5.32 Å². The lowest BCUT2D eigenvalue weighted by atomic mass is 9.91. The van der Waals surface area contributed by atoms with Crippen molar-refractivity contribution in [3.63, 3.8) is 0 Å². The van der Waals surface area contributed by atoms with Crippen LogP contribution < -0.4 is 16.2 Å². The van der Waals surface area contributed by atoms with E-state index in [4.69, 9.17) is 0 Å². The van der Waals surface area contributed by atoms with Gasteiger partial charge in [-0.05, 0) is 51.5 Å². The summed E-state index contributed by atoms with van der Waals surface area (Å²) in [4.78, 5) is 12.1. The number of nitrogens with one attached hydrogen (secondary N) is 3. The molecule has 22 heavy (non-hydrogen) atoms. The number of carbonyl (C=O) groups is 1. The molecule has 3 unspecified atom stereocenters. The molecule has 0 spiro atoms. The minimum atomic E-state index is 0.173. The number of carbonyl (C=O) groups excluding carboxylic acids is 1. The molecule has 2 rings (SSSR count). The average Bonchev–Trinajstić information content (AvgIpc) is 2.83. The predicted octanol–water partition coefficient (Wildman–Crippen LogP) is 2.41. The molecule has 0 saturated carbocycles. The summed E-state index contributed by atoms with van der Waals surface area (Å²) < 4.78 is 0. The van der Waals surface area contributed by atoms with Crippen molar-refractivity contribution in [3.05, 3.63) is 35.9 Å². The third kappa shape index (κ3) is 5.11. The Balaban J connectivity index is 1.66. The predicted molar refractivity (Wildman–Crippen MR) is 90.3 cm³/mol. The maximum atomic E-state index is 12.1. The van der Waals surface area contributed by atoms with Crippen LogP contribution >= 0.6 is 0 Å². The molecular weight excluding hydrogens is 274 g/mol. The van der Waals surface area contributed by atoms with Gasteiger partial charge in [0.1, 0.15) is 0 Å². The number of benzene rings is 1. The van der Waals surface area contributed by atoms with E-state index in [1.165, 1.54) is 5.56 Å². The summed E-state index contributed by atoms with van der Waals surface area (Å²) in [5, 5.41) is 3.12. The van der Waals surface area contributed by atoms with Crippen molar-refractivity contribution in [1.29, 1.82) is 0 Å². The lowest BCUT2D eigenvalue weighted by Gasteiger charge is -2.18. The van der Waals surface area contributed by atoms with E-state index in [0.717, 1.165) is 19.3 Å². The minimum Gasteiger partial charge on any atom is -0.354 e. The molecule has 0 aliphatic carbocycles. The van der Waals surface area contributed by atoms with Gasteiger partial charge >= 0.3 is 0 Å². The van der Waals surface area contributed by atoms with Crippen LogP contribution in [-0.4, -0.2) is 24.0 Å². The van der Waals surface area contributed by atoms with Gasteiger partial charge in [0.25, 0.3) is 0 Å². The Hall–Kier alpha value is -1.39. The van der Waals surface area contributed by atoms with Gasteiger partial charge in [-0.3, -0.25) is 15.6 Å². The number of aryl methyl sites for hydroxylation is 1. The maximum absolute atomic E-state index is 12.1. The molecule has 1 saturated heterocycles. The molecule has 1 aliphatic heterocycles. The second-order valence-corrected chi connectivity index (χ2v) is 6.56. The number of amides is 1. The monoisotopic (exact) mass is 303 g/mol. The van der Waals surface area contributed by atoms with E-state index in [9.17, 15) is 4.79 Å². The lowest BCUT2D eigenvalue weighted by Crippen LogP contribution is -2.34. The quantitative estimate of drug-likeness (QED) is 0.725. The van der Waals surface area contributed by atoms with Crippen LogP contribution in [0.2, 0.25) is 0 Å². The van der Waals surface area contributed by atoms with Gasteiger partial charge in [-0.25, -0.2) is 0 Å². The fourth-order valence-corrected chi connectivity index (χ4v) is 3.15. The summed E-state index contributed by atoms with van der Waals surface area (Å²) >= 11 is 0. The molecule has 1 heterocycles. The molecule has 0 bridgehead atoms. The third-order valence-electron chi connectivity index (χ3n) is 4.64. The van der Waals surface area contributed by atoms with Crippen LogP contribution in [0.1, 0.15) is 45.6 Å². The molecule has 122 valence electrons. The van der Waals surface area contributed by atoms with Gasteiger partial charge in [0.05, 0.1) is 0 Å². The zero-order valence-corrected chi connectivity index (χ0v) is 13.9. The Labute approximate surface area is 134 Å². The van der Waals surface area contributed by atoms with Crippen LogP contribution in [0.3, 0.4) is 0 Å². The first-order valence-electron chi connectivity index (χ1n) is 8.40. The number of hydrazine groups is 1. The summed E-state index contributed by atoms with van der Waals surface area (Å²) in [6.45, 7) is 6.42. The summed E-state index contributed by atoms with van der Waals surface area (Å²) in [6.07, 6.45) is 3.53. The van der Waals surface area contributed by atoms with E-state index in [1.807, 2.05) is 6.07 Å². The van der Waals surface area contributed by atoms with Crippen molar-refractivity contribution in [2.45, 2.75) is 64.6 Å². The molecule has 1 amide bonds. The van der Waals surface area contributed by atoms with Gasteiger partial charge in [-0.15, -0.1) is 0 Å². The van der Waals surface area contributed by atoms with Crippen LogP contribution in [0.5, 0.6) is 0 Å². The normalized spacial score (nSPS) is 25.9. The standard InChI is InChI=1S/C18H29N3O/c1-13(9-10-16-7-5-4-6-8-16)19-18(22)12-11-17-14(2)20-21-15(17)3/h4-8,13-15,17,20-21H,9-12H2,1-3H3,(H,19,22). The first kappa shape index (κ1) is 17.0. The zero-order chi connectivity index (χ0) is 15.9. The van der Waals surface area contributed by atoms with Crippen molar-refractivity contribution in [1.82, 2.24) is 16.2 Å². The fraction of sp³-hybridized carbons (Fsp3) is 0.611. The molecule has 1 aromatic carbocycles. The SMILES string of the molecule is CC(CCc1ccccc1)NC(=O)CCC1C(C)NNC1C. The molecule has 4 nitrogen and oxygen atoms in total. The van der Waals surface area contributed by atoms with Crippen molar-refractivity contribution in [3.8, 4) is 0 Å². The molecule has 1 aromatic rings. The Kier molecular flexibility index (Phi) is 6.40. The molecule has 1 aliphatic rings. The van der Waals surface area contributed by atoms with Crippen LogP contribution in [0.15, 0.2) is 30.3 Å². The minimum absolute atomic E-state index is 0.173. The third-order valence-corrected chi connectivity index (χ3v) is 4.64. The van der Waals surface area contributed by atoms with Crippen LogP contribution in [0.4, 0.5) is 0 Å². The van der Waals surface area contributed by atoms with Gasteiger partial charge in [0.15, 0.2) is 0 Å². The molecule has 3 atom stereocenters. The maximum Gasteiger partial charge on any atom is 0.220 e. The average molecular weight is 303 g/mol. The zero-order valence-electron chi connectivity index (χ0n) is 13.9. The van der Waals surface area contributed by atoms with E-state index >= 15 is 0 Å². The van der Waals surface area contributed by atoms with E-state index in [2.05, 4.69) is 61.2 Å². The van der Waals surface area contributed by atoms with E-state index in [-0.39, 0.29) is 11.9 Å². The largest absolute Gasteiger partial charge is 0.354 e. The van der Waals surface area contributed by atoms with Gasteiger partial charge in [-0.1, -0.05) is 30.3 Å². The first-order chi connectivity index (χ1) is 10.6. The summed E-state index contributed by atoms with van der Waals surface area (Å²) in [7, 11) is 0. The fourth-order valence-electron chi connectivity index (χ4n) is 3.15. The Morgan fingerprint density at radius 3 is 2.45 bits per heavy atom. The Bertz CT molecular complexity index is 453. The second kappa shape index (κ2) is 8.30. The Morgan fingerprint density at radius 2 is 1.82 bits per heavy atom. The Morgan fingerprint density at radius 1 is 1.18 bits per heavy atom. The lowest BCUT2D eigenvalue weighted by molar-refractivity contribution is -0.122. The molecular formula is C18H29N3O. The highest BCUT2D eigenvalue weighted by atomic mass is 16.1. The second-order valence-electron chi connectivity index (χ2n) is 6.56. The molecule has 0 aromatic heterocycles. The van der Waals surface area contributed by atoms with E-state index < -0.39 is 0 Å². The number of rotatable bonds is 7. The van der Waals surface area contributed by atoms with Crippen molar-refractivity contribution >= 4 is 5.91 Å². The van der Waals surface area contributed by atoms with Gasteiger partial charge in [-0.2, -0.15) is 0 Å². The summed E-state index contributed by atoms with van der Waals surface area (Å²) in [5.74, 6) is 0.692. The summed E-state index contributed by atoms with van der Waals surface area (Å²) in [5.41, 5.74) is 7.81. The highest BCUT2D eigenvalue weighted by Gasteiger charge is 2.29. The van der Waals surface area contributed by atoms with Crippen LogP contribution in [-0.2, 0) is 11.2 Å².